The van der Waals surface area contributed by atoms with Crippen LogP contribution < -0.4 is 10.6 Å². The first-order valence-electron chi connectivity index (χ1n) is 9.74. The lowest BCUT2D eigenvalue weighted by Gasteiger charge is -2.09. The molecule has 0 saturated carbocycles. The molecule has 0 aliphatic carbocycles. The first-order valence-corrected chi connectivity index (χ1v) is 10.6. The van der Waals surface area contributed by atoms with Crippen molar-refractivity contribution in [2.45, 2.75) is 20.3 Å². The van der Waals surface area contributed by atoms with Crippen LogP contribution >= 0.6 is 11.3 Å². The van der Waals surface area contributed by atoms with Crippen LogP contribution in [0.1, 0.15) is 27.3 Å². The van der Waals surface area contributed by atoms with Crippen LogP contribution in [0.2, 0.25) is 0 Å². The normalized spacial score (nSPS) is 10.4. The van der Waals surface area contributed by atoms with E-state index in [-0.39, 0.29) is 18.9 Å². The Bertz CT molecular complexity index is 1090. The average molecular weight is 438 g/mol. The van der Waals surface area contributed by atoms with Gasteiger partial charge in [-0.15, -0.1) is 11.3 Å². The van der Waals surface area contributed by atoms with Gasteiger partial charge in [0.1, 0.15) is 0 Å². The van der Waals surface area contributed by atoms with Crippen molar-refractivity contribution in [2.24, 2.45) is 0 Å². The van der Waals surface area contributed by atoms with Crippen LogP contribution in [0.15, 0.2) is 53.9 Å². The van der Waals surface area contributed by atoms with Crippen molar-refractivity contribution in [3.8, 4) is 11.3 Å². The van der Waals surface area contributed by atoms with E-state index >= 15 is 0 Å². The zero-order valence-corrected chi connectivity index (χ0v) is 18.1. The molecule has 3 aromatic rings. The Morgan fingerprint density at radius 3 is 2.61 bits per heavy atom. The van der Waals surface area contributed by atoms with Gasteiger partial charge >= 0.3 is 5.97 Å². The quantitative estimate of drug-likeness (QED) is 0.524. The third-order valence-corrected chi connectivity index (χ3v) is 5.20. The summed E-state index contributed by atoms with van der Waals surface area (Å²) in [7, 11) is 0. The van der Waals surface area contributed by atoms with Crippen LogP contribution in [-0.4, -0.2) is 35.9 Å². The summed E-state index contributed by atoms with van der Waals surface area (Å²) in [4.78, 5) is 40.5. The van der Waals surface area contributed by atoms with Crippen molar-refractivity contribution >= 4 is 34.8 Å². The summed E-state index contributed by atoms with van der Waals surface area (Å²) in [6.07, 6.45) is -0.0242. The Balaban J connectivity index is 1.41. The lowest BCUT2D eigenvalue weighted by molar-refractivity contribution is -0.147. The molecule has 0 aliphatic rings. The maximum absolute atomic E-state index is 12.1. The first kappa shape index (κ1) is 22.2. The van der Waals surface area contributed by atoms with Gasteiger partial charge in [0.05, 0.1) is 17.1 Å². The number of hydrogen-bond donors (Lipinski definition) is 2. The van der Waals surface area contributed by atoms with Gasteiger partial charge in [0.2, 0.25) is 0 Å². The van der Waals surface area contributed by atoms with Gasteiger partial charge in [-0.2, -0.15) is 0 Å². The SMILES string of the molecule is Cc1nc(-c2cccc(NC(=O)COC(=O)CCNC(=O)c3ccccc3C)c2)cs1. The molecule has 0 unspecified atom stereocenters. The van der Waals surface area contributed by atoms with E-state index in [1.54, 1.807) is 29.5 Å². The van der Waals surface area contributed by atoms with Crippen LogP contribution in [0.5, 0.6) is 0 Å². The second-order valence-electron chi connectivity index (χ2n) is 6.86. The summed E-state index contributed by atoms with van der Waals surface area (Å²) >= 11 is 1.56. The number of carbonyl (C=O) groups is 3. The van der Waals surface area contributed by atoms with E-state index in [4.69, 9.17) is 4.74 Å². The summed E-state index contributed by atoms with van der Waals surface area (Å²) < 4.78 is 4.99. The maximum Gasteiger partial charge on any atom is 0.308 e. The molecule has 0 saturated heterocycles. The number of thiazole rings is 1. The van der Waals surface area contributed by atoms with Crippen molar-refractivity contribution in [3.63, 3.8) is 0 Å². The second-order valence-corrected chi connectivity index (χ2v) is 7.92. The fourth-order valence-electron chi connectivity index (χ4n) is 2.87. The molecule has 2 amide bonds. The first-order chi connectivity index (χ1) is 14.9. The van der Waals surface area contributed by atoms with E-state index in [0.29, 0.717) is 11.3 Å². The number of anilines is 1. The molecule has 2 N–H and O–H groups in total. The van der Waals surface area contributed by atoms with Crippen LogP contribution in [0.3, 0.4) is 0 Å². The molecule has 0 spiro atoms. The Morgan fingerprint density at radius 1 is 1.06 bits per heavy atom. The summed E-state index contributed by atoms with van der Waals surface area (Å²) in [6, 6.07) is 14.5. The van der Waals surface area contributed by atoms with E-state index in [9.17, 15) is 14.4 Å². The molecule has 7 nitrogen and oxygen atoms in total. The largest absolute Gasteiger partial charge is 0.456 e. The van der Waals surface area contributed by atoms with Crippen LogP contribution in [0.25, 0.3) is 11.3 Å². The van der Waals surface area contributed by atoms with E-state index in [0.717, 1.165) is 21.8 Å². The van der Waals surface area contributed by atoms with Gasteiger partial charge < -0.3 is 15.4 Å². The smallest absolute Gasteiger partial charge is 0.308 e. The predicted octanol–water partition coefficient (Wildman–Crippen LogP) is 3.73. The zero-order chi connectivity index (χ0) is 22.2. The number of rotatable bonds is 8. The number of nitrogens with one attached hydrogen (secondary N) is 2. The number of hydrogen-bond acceptors (Lipinski definition) is 6. The van der Waals surface area contributed by atoms with Gasteiger partial charge in [0.25, 0.3) is 11.8 Å². The molecule has 0 aliphatic heterocycles. The number of carbonyl (C=O) groups excluding carboxylic acids is 3. The molecule has 0 bridgehead atoms. The van der Waals surface area contributed by atoms with E-state index in [1.807, 2.05) is 49.6 Å². The minimum atomic E-state index is -0.563. The van der Waals surface area contributed by atoms with Gasteiger partial charge in [-0.25, -0.2) is 4.98 Å². The summed E-state index contributed by atoms with van der Waals surface area (Å²) in [5, 5.41) is 8.30. The molecule has 8 heteroatoms. The second kappa shape index (κ2) is 10.5. The molecule has 2 aromatic carbocycles. The zero-order valence-electron chi connectivity index (χ0n) is 17.3. The Morgan fingerprint density at radius 2 is 1.87 bits per heavy atom. The van der Waals surface area contributed by atoms with Gasteiger partial charge in [-0.1, -0.05) is 30.3 Å². The van der Waals surface area contributed by atoms with Crippen molar-refractivity contribution in [1.82, 2.24) is 10.3 Å². The number of aryl methyl sites for hydroxylation is 2. The Kier molecular flexibility index (Phi) is 7.50. The summed E-state index contributed by atoms with van der Waals surface area (Å²) in [6.45, 7) is 3.50. The standard InChI is InChI=1S/C23H23N3O4S/c1-15-6-3-4-9-19(15)23(29)24-11-10-22(28)30-13-21(27)26-18-8-5-7-17(12-18)20-14-31-16(2)25-20/h3-9,12,14H,10-11,13H2,1-2H3,(H,24,29)(H,26,27). The number of nitrogens with zero attached hydrogens (tertiary/aromatic N) is 1. The number of benzene rings is 2. The number of ether oxygens (including phenoxy) is 1. The lowest BCUT2D eigenvalue weighted by atomic mass is 10.1. The van der Waals surface area contributed by atoms with Crippen molar-refractivity contribution in [3.05, 3.63) is 70.0 Å². The van der Waals surface area contributed by atoms with Crippen LogP contribution in [0.4, 0.5) is 5.69 Å². The molecule has 0 atom stereocenters. The highest BCUT2D eigenvalue weighted by atomic mass is 32.1. The van der Waals surface area contributed by atoms with E-state index in [1.165, 1.54) is 0 Å². The number of amides is 2. The highest BCUT2D eigenvalue weighted by molar-refractivity contribution is 7.09. The minimum Gasteiger partial charge on any atom is -0.456 e. The van der Waals surface area contributed by atoms with Crippen molar-refractivity contribution in [2.75, 3.05) is 18.5 Å². The van der Waals surface area contributed by atoms with E-state index < -0.39 is 18.5 Å². The third kappa shape index (κ3) is 6.48. The van der Waals surface area contributed by atoms with Crippen LogP contribution in [-0.2, 0) is 14.3 Å². The number of esters is 1. The number of aromatic nitrogens is 1. The average Bonchev–Trinajstić information content (AvgIpc) is 3.19. The molecular formula is C23H23N3O4S. The molecule has 1 aromatic heterocycles. The molecule has 0 fully saturated rings. The maximum atomic E-state index is 12.1. The van der Waals surface area contributed by atoms with Gasteiger partial charge in [-0.05, 0) is 37.6 Å². The monoisotopic (exact) mass is 437 g/mol. The predicted molar refractivity (Wildman–Crippen MR) is 120 cm³/mol. The Labute approximate surface area is 184 Å². The molecule has 160 valence electrons. The summed E-state index contributed by atoms with van der Waals surface area (Å²) in [5.74, 6) is -1.25. The highest BCUT2D eigenvalue weighted by Gasteiger charge is 2.11. The van der Waals surface area contributed by atoms with Crippen molar-refractivity contribution in [1.29, 1.82) is 0 Å². The van der Waals surface area contributed by atoms with Crippen molar-refractivity contribution < 1.29 is 19.1 Å². The lowest BCUT2D eigenvalue weighted by Crippen LogP contribution is -2.28. The van der Waals surface area contributed by atoms with Gasteiger partial charge in [0.15, 0.2) is 6.61 Å². The van der Waals surface area contributed by atoms with Gasteiger partial charge in [0, 0.05) is 28.7 Å². The molecule has 1 heterocycles. The highest BCUT2D eigenvalue weighted by Crippen LogP contribution is 2.24. The van der Waals surface area contributed by atoms with E-state index in [2.05, 4.69) is 15.6 Å². The fraction of sp³-hybridized carbons (Fsp3) is 0.217. The fourth-order valence-corrected chi connectivity index (χ4v) is 3.49. The van der Waals surface area contributed by atoms with Gasteiger partial charge in [-0.3, -0.25) is 14.4 Å². The molecule has 31 heavy (non-hydrogen) atoms. The molecule has 0 radical (unpaired) electrons. The third-order valence-electron chi connectivity index (χ3n) is 4.43. The van der Waals surface area contributed by atoms with Crippen LogP contribution in [0, 0.1) is 13.8 Å². The summed E-state index contributed by atoms with van der Waals surface area (Å²) in [5.41, 5.74) is 3.74. The molecular weight excluding hydrogens is 414 g/mol. The topological polar surface area (TPSA) is 97.4 Å². The minimum absolute atomic E-state index is 0.0242. The Hall–Kier alpha value is -3.52. The molecule has 3 rings (SSSR count).